The molecule has 8 aromatic carbocycles. The summed E-state index contributed by atoms with van der Waals surface area (Å²) < 4.78 is 29.0. The van der Waals surface area contributed by atoms with Crippen LogP contribution in [-0.4, -0.2) is 38.0 Å². The molecule has 0 saturated heterocycles. The normalized spacial score (nSPS) is 15.3. The second kappa shape index (κ2) is 39.9. The molecule has 4 aliphatic rings. The monoisotopic (exact) mass is 1700 g/mol. The molecule has 0 fully saturated rings. The van der Waals surface area contributed by atoms with Gasteiger partial charge in [0.25, 0.3) is 11.4 Å². The van der Waals surface area contributed by atoms with Crippen molar-refractivity contribution in [3.05, 3.63) is 328 Å². The van der Waals surface area contributed by atoms with Gasteiger partial charge in [0.15, 0.2) is 11.6 Å². The van der Waals surface area contributed by atoms with Crippen molar-refractivity contribution >= 4 is 111 Å². The number of nitrogens with zero attached hydrogens (tertiary/aromatic N) is 4. The van der Waals surface area contributed by atoms with E-state index in [4.69, 9.17) is 32.1 Å². The van der Waals surface area contributed by atoms with Crippen LogP contribution in [0.1, 0.15) is 268 Å². The SMILES string of the molecule is [C-]#[N+]\C(C#N)=C1/C(=C/C=C/c2cc3c(s2)-c2sc4c5c(sc4c2C3(c2ccc(OCCCCCCCC)cc2)c2ccc(OCCCCCCCC)cc2)-c2sc(/C=C/C=C3\C(=O)c4cc6ccccc6cc4\C3=C(\C#N)[N+]#[C-])cc2C5(c2ccc(OCCCCCCCC)cc2)c2ccc(OCCCCCCCC)cc2)C(=O)c2cc3ccccc3cc21. The Kier molecular flexibility index (Phi) is 27.6. The second-order valence-electron chi connectivity index (χ2n) is 33.0. The van der Waals surface area contributed by atoms with E-state index in [2.05, 4.69) is 171 Å². The van der Waals surface area contributed by atoms with Crippen molar-refractivity contribution in [2.45, 2.75) is 193 Å². The molecule has 16 rings (SSSR count). The molecule has 0 spiro atoms. The maximum Gasteiger partial charge on any atom is 0.270 e. The molecule has 4 aromatic heterocycles. The van der Waals surface area contributed by atoms with Crippen molar-refractivity contribution in [1.29, 1.82) is 10.5 Å². The maximum absolute atomic E-state index is 14.8. The molecule has 0 radical (unpaired) electrons. The molecule has 624 valence electrons. The van der Waals surface area contributed by atoms with Crippen LogP contribution in [0.2, 0.25) is 0 Å². The Morgan fingerprint density at radius 1 is 0.363 bits per heavy atom. The van der Waals surface area contributed by atoms with Gasteiger partial charge in [-0.05, 0) is 189 Å². The number of unbranched alkanes of at least 4 members (excludes halogenated alkanes) is 20. The van der Waals surface area contributed by atoms with Crippen LogP contribution >= 0.6 is 45.3 Å². The molecule has 0 aliphatic heterocycles. The number of thiophene rings is 4. The van der Waals surface area contributed by atoms with Gasteiger partial charge in [-0.1, -0.05) is 277 Å². The van der Waals surface area contributed by atoms with Gasteiger partial charge in [0, 0.05) is 54.3 Å². The molecule has 0 bridgehead atoms. The molecule has 0 unspecified atom stereocenters. The van der Waals surface area contributed by atoms with Crippen LogP contribution in [0.4, 0.5) is 0 Å². The summed E-state index contributed by atoms with van der Waals surface area (Å²) in [4.78, 5) is 43.6. The molecule has 14 heteroatoms. The summed E-state index contributed by atoms with van der Waals surface area (Å²) in [5, 5.41) is 24.7. The number of allylic oxidation sites excluding steroid dienone is 10. The average Bonchev–Trinajstić information content (AvgIpc) is 1.48. The lowest BCUT2D eigenvalue weighted by molar-refractivity contribution is 0.103. The van der Waals surface area contributed by atoms with Gasteiger partial charge < -0.3 is 18.9 Å². The fourth-order valence-corrected chi connectivity index (χ4v) is 24.4. The Labute approximate surface area is 746 Å². The summed E-state index contributed by atoms with van der Waals surface area (Å²) in [5.41, 5.74) is 10.3. The Bertz CT molecular complexity index is 5800. The van der Waals surface area contributed by atoms with Crippen LogP contribution in [0.3, 0.4) is 0 Å². The predicted octanol–water partition coefficient (Wildman–Crippen LogP) is 31.1. The number of fused-ring (bicyclic) bond motifs is 13. The van der Waals surface area contributed by atoms with Gasteiger partial charge in [0.2, 0.25) is 0 Å². The molecule has 12 aromatic rings. The number of ketones is 2. The highest BCUT2D eigenvalue weighted by Crippen LogP contribution is 2.70. The number of hydrogen-bond donors (Lipinski definition) is 0. The van der Waals surface area contributed by atoms with Crippen molar-refractivity contribution in [3.8, 4) is 54.6 Å². The number of hydrogen-bond acceptors (Lipinski definition) is 12. The van der Waals surface area contributed by atoms with Crippen molar-refractivity contribution in [3.63, 3.8) is 0 Å². The van der Waals surface area contributed by atoms with E-state index in [1.807, 2.05) is 108 Å². The standard InChI is InChI=1S/C110H104N4O6S4/c1-7-11-15-19-23-31-61-117-81-53-45-77(46-54-81)109(78-47-55-82(56-48-78)118-62-32-24-20-16-12-8-2)93-69-85(41-35-43-87-97(95(71-111)113-5)89-65-73-37-27-29-39-75(73)67-91(89)101(87)115)121-103(93)105-99(109)107-108(123-105)100-106(124-107)104-94(70-86(122-104)42-36-44-88-98(96(72-112)114-6)90-66-74-38-28-30-40-76(74)68-92(90)102(88)116)110(100,79-49-57-83(58-50-79)119-63-33-25-21-17-13-9-3)80-51-59-84(60-52-80)120-64-34-26-22-18-14-10-4/h27-30,35-60,65-70H,7-26,31-34,61-64H2,1-4H3/b41-35+,42-36+,87-43-,88-44-,97-95-,98-96+. The lowest BCUT2D eigenvalue weighted by Crippen LogP contribution is -2.28. The number of benzene rings is 8. The highest BCUT2D eigenvalue weighted by molar-refractivity contribution is 7.34. The summed E-state index contributed by atoms with van der Waals surface area (Å²) in [6.07, 6.45) is 39.4. The van der Waals surface area contributed by atoms with E-state index in [-0.39, 0.29) is 23.0 Å². The number of carbonyl (C=O) groups is 2. The summed E-state index contributed by atoms with van der Waals surface area (Å²) in [6, 6.07) is 67.9. The lowest BCUT2D eigenvalue weighted by Gasteiger charge is -2.34. The van der Waals surface area contributed by atoms with E-state index >= 15 is 0 Å². The van der Waals surface area contributed by atoms with Crippen LogP contribution in [-0.2, 0) is 10.8 Å². The first-order chi connectivity index (χ1) is 61.0. The molecule has 124 heavy (non-hydrogen) atoms. The first-order valence-electron chi connectivity index (χ1n) is 44.8. The number of rotatable bonds is 40. The summed E-state index contributed by atoms with van der Waals surface area (Å²) in [5.74, 6) is 2.80. The smallest absolute Gasteiger partial charge is 0.270 e. The quantitative estimate of drug-likeness (QED) is 0.0161. The Morgan fingerprint density at radius 3 is 0.927 bits per heavy atom. The third-order valence-corrected chi connectivity index (χ3v) is 30.1. The van der Waals surface area contributed by atoms with Crippen molar-refractivity contribution in [2.24, 2.45) is 0 Å². The average molecular weight is 1710 g/mol. The molecule has 0 N–H and O–H groups in total. The summed E-state index contributed by atoms with van der Waals surface area (Å²) in [7, 11) is 0. The topological polar surface area (TPSA) is 127 Å². The molecule has 4 aliphatic carbocycles. The van der Waals surface area contributed by atoms with Crippen molar-refractivity contribution < 1.29 is 28.5 Å². The second-order valence-corrected chi connectivity index (χ2v) is 37.2. The molecular weight excluding hydrogens is 1600 g/mol. The van der Waals surface area contributed by atoms with E-state index in [0.717, 1.165) is 149 Å². The lowest BCUT2D eigenvalue weighted by atomic mass is 9.67. The number of carbonyl (C=O) groups excluding carboxylic acids is 2. The van der Waals surface area contributed by atoms with E-state index in [1.165, 1.54) is 133 Å². The minimum atomic E-state index is -0.932. The number of ether oxygens (including phenoxy) is 4. The van der Waals surface area contributed by atoms with Crippen molar-refractivity contribution in [1.82, 2.24) is 0 Å². The zero-order valence-corrected chi connectivity index (χ0v) is 74.7. The zero-order chi connectivity index (χ0) is 85.5. The van der Waals surface area contributed by atoms with Gasteiger partial charge in [-0.15, -0.1) is 45.3 Å². The summed E-state index contributed by atoms with van der Waals surface area (Å²) >= 11 is 7.20. The van der Waals surface area contributed by atoms with E-state index in [0.29, 0.717) is 71.0 Å². The minimum absolute atomic E-state index is 0.128. The fraction of sp³-hybridized carbons (Fsp3) is 0.309. The number of nitriles is 2. The Morgan fingerprint density at radius 2 is 0.645 bits per heavy atom. The largest absolute Gasteiger partial charge is 0.494 e. The van der Waals surface area contributed by atoms with Gasteiger partial charge in [-0.2, -0.15) is 0 Å². The van der Waals surface area contributed by atoms with Crippen LogP contribution in [0.5, 0.6) is 23.0 Å². The third kappa shape index (κ3) is 17.0. The molecule has 0 saturated carbocycles. The molecular formula is C110H104N4O6S4. The maximum atomic E-state index is 14.8. The van der Waals surface area contributed by atoms with Gasteiger partial charge in [-0.25, -0.2) is 20.2 Å². The van der Waals surface area contributed by atoms with Crippen LogP contribution < -0.4 is 18.9 Å². The van der Waals surface area contributed by atoms with Crippen LogP contribution in [0.15, 0.2) is 229 Å². The van der Waals surface area contributed by atoms with Crippen LogP contribution in [0, 0.1) is 35.8 Å². The molecule has 0 atom stereocenters. The summed E-state index contributed by atoms with van der Waals surface area (Å²) in [6.45, 7) is 27.9. The molecule has 0 amide bonds. The third-order valence-electron chi connectivity index (χ3n) is 25.0. The minimum Gasteiger partial charge on any atom is -0.494 e. The van der Waals surface area contributed by atoms with E-state index < -0.39 is 10.8 Å². The first kappa shape index (κ1) is 85.8. The molecule has 10 nitrogen and oxygen atoms in total. The van der Waals surface area contributed by atoms with E-state index in [9.17, 15) is 20.1 Å². The highest BCUT2D eigenvalue weighted by atomic mass is 32.1. The zero-order valence-electron chi connectivity index (χ0n) is 71.5. The van der Waals surface area contributed by atoms with Crippen molar-refractivity contribution in [2.75, 3.05) is 26.4 Å². The Balaban J connectivity index is 0.895. The molecule has 4 heterocycles. The van der Waals surface area contributed by atoms with Gasteiger partial charge in [0.05, 0.1) is 91.4 Å². The number of Topliss-reactive ketones (excluding diaryl/α,β-unsaturated/α-hetero) is 2. The fourth-order valence-electron chi connectivity index (χ4n) is 18.8. The van der Waals surface area contributed by atoms with Gasteiger partial charge in [-0.3, -0.25) is 9.59 Å². The highest BCUT2D eigenvalue weighted by Gasteiger charge is 2.55. The van der Waals surface area contributed by atoms with Gasteiger partial charge >= 0.3 is 0 Å². The van der Waals surface area contributed by atoms with Gasteiger partial charge in [0.1, 0.15) is 23.0 Å². The van der Waals surface area contributed by atoms with Crippen LogP contribution in [0.25, 0.3) is 83.4 Å². The first-order valence-corrected chi connectivity index (χ1v) is 48.1. The van der Waals surface area contributed by atoms with E-state index in [1.54, 1.807) is 34.8 Å². The predicted molar refractivity (Wildman–Crippen MR) is 515 cm³/mol. The Hall–Kier alpha value is -11.7.